The molecule has 11 nitrogen and oxygen atoms in total. The van der Waals surface area contributed by atoms with Crippen LogP contribution in [0.4, 0.5) is 5.69 Å². The van der Waals surface area contributed by atoms with Gasteiger partial charge in [-0.05, 0) is 12.1 Å². The molecule has 0 bridgehead atoms. The molecule has 26 heavy (non-hydrogen) atoms. The van der Waals surface area contributed by atoms with E-state index in [1.54, 1.807) is 0 Å². The van der Waals surface area contributed by atoms with Crippen molar-refractivity contribution in [2.75, 3.05) is 0 Å². The highest BCUT2D eigenvalue weighted by molar-refractivity contribution is 5.93. The molecular formula is C15H14N6O5. The summed E-state index contributed by atoms with van der Waals surface area (Å²) in [5.41, 5.74) is 4.36. The molecule has 1 aromatic carbocycles. The minimum absolute atomic E-state index is 0.00856. The Morgan fingerprint density at radius 3 is 2.58 bits per heavy atom. The number of aromatic nitrogens is 4. The maximum Gasteiger partial charge on any atom is 0.332 e. The fourth-order valence-corrected chi connectivity index (χ4v) is 2.72. The molecule has 0 unspecified atom stereocenters. The Morgan fingerprint density at radius 1 is 1.27 bits per heavy atom. The van der Waals surface area contributed by atoms with E-state index in [1.807, 2.05) is 0 Å². The summed E-state index contributed by atoms with van der Waals surface area (Å²) >= 11 is 0. The van der Waals surface area contributed by atoms with E-state index in [0.29, 0.717) is 0 Å². The van der Waals surface area contributed by atoms with E-state index in [1.165, 1.54) is 41.7 Å². The molecule has 0 atom stereocenters. The first-order chi connectivity index (χ1) is 12.2. The highest BCUT2D eigenvalue weighted by atomic mass is 16.6. The molecule has 3 rings (SSSR count). The summed E-state index contributed by atoms with van der Waals surface area (Å²) in [5.74, 6) is -0.781. The van der Waals surface area contributed by atoms with Gasteiger partial charge in [0.15, 0.2) is 11.2 Å². The Hall–Kier alpha value is -3.76. The molecule has 0 saturated carbocycles. The van der Waals surface area contributed by atoms with Gasteiger partial charge in [-0.15, -0.1) is 0 Å². The van der Waals surface area contributed by atoms with Gasteiger partial charge in [0.2, 0.25) is 5.91 Å². The van der Waals surface area contributed by atoms with E-state index < -0.39 is 22.1 Å². The van der Waals surface area contributed by atoms with Crippen molar-refractivity contribution in [3.8, 4) is 0 Å². The second-order valence-corrected chi connectivity index (χ2v) is 5.72. The zero-order valence-electron chi connectivity index (χ0n) is 13.9. The van der Waals surface area contributed by atoms with Gasteiger partial charge in [-0.3, -0.25) is 28.8 Å². The maximum atomic E-state index is 12.4. The molecule has 0 spiro atoms. The van der Waals surface area contributed by atoms with Crippen LogP contribution in [0.3, 0.4) is 0 Å². The molecule has 134 valence electrons. The third kappa shape index (κ3) is 2.55. The number of aryl methyl sites for hydroxylation is 1. The molecular weight excluding hydrogens is 344 g/mol. The summed E-state index contributed by atoms with van der Waals surface area (Å²) in [4.78, 5) is 50.4. The van der Waals surface area contributed by atoms with Gasteiger partial charge in [0.25, 0.3) is 11.2 Å². The van der Waals surface area contributed by atoms with Crippen molar-refractivity contribution in [1.82, 2.24) is 18.7 Å². The van der Waals surface area contributed by atoms with Crippen LogP contribution in [-0.4, -0.2) is 29.5 Å². The van der Waals surface area contributed by atoms with Crippen molar-refractivity contribution in [2.45, 2.75) is 6.54 Å². The van der Waals surface area contributed by atoms with Crippen LogP contribution >= 0.6 is 0 Å². The number of hydrogen-bond acceptors (Lipinski definition) is 6. The lowest BCUT2D eigenvalue weighted by molar-refractivity contribution is -0.385. The smallest absolute Gasteiger partial charge is 0.332 e. The fraction of sp³-hybridized carbons (Fsp3) is 0.200. The largest absolute Gasteiger partial charge is 0.366 e. The lowest BCUT2D eigenvalue weighted by Gasteiger charge is -2.08. The summed E-state index contributed by atoms with van der Waals surface area (Å²) < 4.78 is 3.58. The molecule has 3 aromatic rings. The average Bonchev–Trinajstić information content (AvgIpc) is 3.01. The Morgan fingerprint density at radius 2 is 1.96 bits per heavy atom. The third-order valence-electron chi connectivity index (χ3n) is 4.12. The van der Waals surface area contributed by atoms with Crippen LogP contribution in [0.15, 0.2) is 34.1 Å². The van der Waals surface area contributed by atoms with Crippen LogP contribution in [0, 0.1) is 10.1 Å². The quantitative estimate of drug-likeness (QED) is 0.490. The molecule has 2 aromatic heterocycles. The number of carbonyl (C=O) groups excluding carboxylic acids is 1. The second-order valence-electron chi connectivity index (χ2n) is 5.72. The molecule has 0 aliphatic heterocycles. The van der Waals surface area contributed by atoms with Gasteiger partial charge >= 0.3 is 5.69 Å². The number of primary amides is 1. The van der Waals surface area contributed by atoms with Crippen LogP contribution in [0.1, 0.15) is 15.9 Å². The number of nitro benzene ring substituents is 1. The molecule has 0 radical (unpaired) electrons. The van der Waals surface area contributed by atoms with Gasteiger partial charge in [-0.1, -0.05) is 0 Å². The third-order valence-corrected chi connectivity index (χ3v) is 4.12. The molecule has 0 aliphatic carbocycles. The van der Waals surface area contributed by atoms with Crippen LogP contribution in [-0.2, 0) is 20.6 Å². The van der Waals surface area contributed by atoms with E-state index >= 15 is 0 Å². The number of imidazole rings is 1. The van der Waals surface area contributed by atoms with Crippen LogP contribution in [0.2, 0.25) is 0 Å². The monoisotopic (exact) mass is 358 g/mol. The number of rotatable bonds is 4. The van der Waals surface area contributed by atoms with E-state index in [0.717, 1.165) is 10.6 Å². The van der Waals surface area contributed by atoms with E-state index in [9.17, 15) is 24.5 Å². The first-order valence-corrected chi connectivity index (χ1v) is 7.40. The minimum atomic E-state index is -0.781. The predicted octanol–water partition coefficient (Wildman–Crippen LogP) is -0.511. The number of hydrogen-bond donors (Lipinski definition) is 1. The van der Waals surface area contributed by atoms with Gasteiger partial charge in [0.1, 0.15) is 0 Å². The standard InChI is InChI=1S/C15H14N6O5/c1-18-13-11(14(23)19(2)15(18)24)20(7-17-13)6-9-4-3-8(12(16)22)5-10(9)21(25)26/h3-5,7H,6H2,1-2H3,(H2,16,22). The topological polar surface area (TPSA) is 148 Å². The second kappa shape index (κ2) is 5.95. The van der Waals surface area contributed by atoms with E-state index in [4.69, 9.17) is 5.73 Å². The molecule has 0 fully saturated rings. The molecule has 0 aliphatic rings. The Balaban J connectivity index is 2.19. The molecule has 0 saturated heterocycles. The van der Waals surface area contributed by atoms with Crippen molar-refractivity contribution in [1.29, 1.82) is 0 Å². The highest BCUT2D eigenvalue weighted by Crippen LogP contribution is 2.22. The van der Waals surface area contributed by atoms with Crippen LogP contribution in [0.25, 0.3) is 11.2 Å². The number of benzene rings is 1. The predicted molar refractivity (Wildman–Crippen MR) is 90.9 cm³/mol. The van der Waals surface area contributed by atoms with Gasteiger partial charge in [0, 0.05) is 31.3 Å². The van der Waals surface area contributed by atoms with E-state index in [-0.39, 0.29) is 34.5 Å². The van der Waals surface area contributed by atoms with Gasteiger partial charge < -0.3 is 10.3 Å². The molecule has 11 heteroatoms. The van der Waals surface area contributed by atoms with E-state index in [2.05, 4.69) is 4.98 Å². The van der Waals surface area contributed by atoms with Crippen molar-refractivity contribution in [3.63, 3.8) is 0 Å². The fourth-order valence-electron chi connectivity index (χ4n) is 2.72. The average molecular weight is 358 g/mol. The van der Waals surface area contributed by atoms with Crippen molar-refractivity contribution < 1.29 is 9.72 Å². The van der Waals surface area contributed by atoms with Crippen molar-refractivity contribution in [3.05, 3.63) is 66.6 Å². The normalized spacial score (nSPS) is 11.0. The highest BCUT2D eigenvalue weighted by Gasteiger charge is 2.20. The zero-order chi connectivity index (χ0) is 19.2. The Bertz CT molecular complexity index is 1190. The first kappa shape index (κ1) is 17.1. The minimum Gasteiger partial charge on any atom is -0.366 e. The summed E-state index contributed by atoms with van der Waals surface area (Å²) in [6.45, 7) is -0.0424. The number of nitro groups is 1. The maximum absolute atomic E-state index is 12.4. The molecule has 1 amide bonds. The van der Waals surface area contributed by atoms with Crippen LogP contribution < -0.4 is 17.0 Å². The number of carbonyl (C=O) groups is 1. The van der Waals surface area contributed by atoms with Gasteiger partial charge in [-0.2, -0.15) is 0 Å². The summed E-state index contributed by atoms with van der Waals surface area (Å²) in [7, 11) is 2.82. The van der Waals surface area contributed by atoms with Crippen molar-refractivity contribution in [2.24, 2.45) is 19.8 Å². The summed E-state index contributed by atoms with van der Waals surface area (Å²) in [6, 6.07) is 3.86. The van der Waals surface area contributed by atoms with Crippen LogP contribution in [0.5, 0.6) is 0 Å². The number of nitrogens with zero attached hydrogens (tertiary/aromatic N) is 5. The molecule has 2 N–H and O–H groups in total. The molecule has 2 heterocycles. The number of amides is 1. The Labute approximate surface area is 145 Å². The first-order valence-electron chi connectivity index (χ1n) is 7.40. The zero-order valence-corrected chi connectivity index (χ0v) is 13.9. The lowest BCUT2D eigenvalue weighted by Crippen LogP contribution is -2.37. The lowest BCUT2D eigenvalue weighted by atomic mass is 10.1. The SMILES string of the molecule is Cn1c(=O)c2c(ncn2Cc2ccc(C(N)=O)cc2[N+](=O)[O-])n(C)c1=O. The number of nitrogens with two attached hydrogens (primary N) is 1. The summed E-state index contributed by atoms with van der Waals surface area (Å²) in [5, 5.41) is 11.3. The summed E-state index contributed by atoms with van der Waals surface area (Å²) in [6.07, 6.45) is 1.33. The van der Waals surface area contributed by atoms with Gasteiger partial charge in [-0.25, -0.2) is 9.78 Å². The Kier molecular flexibility index (Phi) is 3.91. The van der Waals surface area contributed by atoms with Crippen molar-refractivity contribution >= 4 is 22.8 Å². The van der Waals surface area contributed by atoms with Gasteiger partial charge in [0.05, 0.1) is 17.8 Å². The number of fused-ring (bicyclic) bond motifs is 1.